The maximum atomic E-state index is 12.1. The molecule has 0 unspecified atom stereocenters. The second-order valence-corrected chi connectivity index (χ2v) is 4.99. The van der Waals surface area contributed by atoms with Gasteiger partial charge in [0.2, 0.25) is 0 Å². The second kappa shape index (κ2) is 5.77. The monoisotopic (exact) mass is 270 g/mol. The van der Waals surface area contributed by atoms with Crippen molar-refractivity contribution in [2.75, 3.05) is 23.3 Å². The number of anilines is 2. The van der Waals surface area contributed by atoms with Crippen molar-refractivity contribution in [1.82, 2.24) is 10.2 Å². The lowest BCUT2D eigenvalue weighted by Crippen LogP contribution is -2.30. The molecule has 1 aliphatic rings. The summed E-state index contributed by atoms with van der Waals surface area (Å²) in [7, 11) is 0. The number of nitrogens with zero attached hydrogens (tertiary/aromatic N) is 2. The van der Waals surface area contributed by atoms with E-state index < -0.39 is 0 Å². The van der Waals surface area contributed by atoms with Crippen molar-refractivity contribution in [3.63, 3.8) is 0 Å². The molecule has 1 fully saturated rings. The highest BCUT2D eigenvalue weighted by molar-refractivity contribution is 6.04. The summed E-state index contributed by atoms with van der Waals surface area (Å²) in [6.07, 6.45) is 5.29. The number of para-hydroxylation sites is 2. The van der Waals surface area contributed by atoms with Crippen LogP contribution < -0.4 is 10.2 Å². The summed E-state index contributed by atoms with van der Waals surface area (Å²) in [5.74, 6) is -0.160. The van der Waals surface area contributed by atoms with Gasteiger partial charge in [0.25, 0.3) is 5.91 Å². The van der Waals surface area contributed by atoms with Gasteiger partial charge >= 0.3 is 0 Å². The smallest absolute Gasteiger partial charge is 0.273 e. The van der Waals surface area contributed by atoms with Gasteiger partial charge in [0.05, 0.1) is 11.4 Å². The third-order valence-electron chi connectivity index (χ3n) is 3.59. The molecule has 0 spiro atoms. The van der Waals surface area contributed by atoms with E-state index in [1.165, 1.54) is 19.3 Å². The molecule has 1 saturated heterocycles. The Labute approximate surface area is 118 Å². The first kappa shape index (κ1) is 12.7. The van der Waals surface area contributed by atoms with Crippen LogP contribution in [0.3, 0.4) is 0 Å². The molecule has 0 saturated carbocycles. The van der Waals surface area contributed by atoms with Gasteiger partial charge in [0.15, 0.2) is 0 Å². The van der Waals surface area contributed by atoms with Crippen LogP contribution in [0, 0.1) is 0 Å². The zero-order chi connectivity index (χ0) is 13.8. The van der Waals surface area contributed by atoms with Crippen molar-refractivity contribution >= 4 is 17.3 Å². The van der Waals surface area contributed by atoms with Crippen LogP contribution in [0.25, 0.3) is 0 Å². The summed E-state index contributed by atoms with van der Waals surface area (Å²) in [5, 5.41) is 9.44. The quantitative estimate of drug-likeness (QED) is 0.901. The number of hydrogen-bond donors (Lipinski definition) is 2. The van der Waals surface area contributed by atoms with Gasteiger partial charge < -0.3 is 10.2 Å². The van der Waals surface area contributed by atoms with Crippen molar-refractivity contribution in [2.45, 2.75) is 19.3 Å². The average molecular weight is 270 g/mol. The van der Waals surface area contributed by atoms with Crippen molar-refractivity contribution in [1.29, 1.82) is 0 Å². The molecule has 5 nitrogen and oxygen atoms in total. The average Bonchev–Trinajstić information content (AvgIpc) is 3.03. The lowest BCUT2D eigenvalue weighted by Gasteiger charge is -2.30. The highest BCUT2D eigenvalue weighted by atomic mass is 16.1. The number of aromatic amines is 1. The molecule has 1 aliphatic heterocycles. The minimum Gasteiger partial charge on any atom is -0.370 e. The summed E-state index contributed by atoms with van der Waals surface area (Å²) in [6, 6.07) is 9.62. The molecule has 0 bridgehead atoms. The first-order chi connectivity index (χ1) is 9.84. The molecule has 2 N–H and O–H groups in total. The molecule has 2 heterocycles. The maximum absolute atomic E-state index is 12.1. The number of benzene rings is 1. The lowest BCUT2D eigenvalue weighted by atomic mass is 10.1. The number of piperidine rings is 1. The normalized spacial score (nSPS) is 15.1. The van der Waals surface area contributed by atoms with Gasteiger partial charge in [-0.3, -0.25) is 9.89 Å². The van der Waals surface area contributed by atoms with E-state index >= 15 is 0 Å². The zero-order valence-electron chi connectivity index (χ0n) is 11.3. The van der Waals surface area contributed by atoms with Crippen LogP contribution in [0.4, 0.5) is 11.4 Å². The molecule has 2 aromatic rings. The minimum atomic E-state index is -0.160. The van der Waals surface area contributed by atoms with E-state index in [0.717, 1.165) is 24.5 Å². The molecule has 0 radical (unpaired) electrons. The summed E-state index contributed by atoms with van der Waals surface area (Å²) in [6.45, 7) is 2.11. The van der Waals surface area contributed by atoms with E-state index in [-0.39, 0.29) is 5.91 Å². The molecular formula is C15H18N4O. The predicted octanol–water partition coefficient (Wildman–Crippen LogP) is 2.65. The van der Waals surface area contributed by atoms with Gasteiger partial charge in [-0.15, -0.1) is 0 Å². The Bertz CT molecular complexity index is 573. The van der Waals surface area contributed by atoms with E-state index in [2.05, 4.69) is 26.5 Å². The van der Waals surface area contributed by atoms with Gasteiger partial charge in [0.1, 0.15) is 5.69 Å². The van der Waals surface area contributed by atoms with Crippen LogP contribution in [0.1, 0.15) is 29.8 Å². The molecule has 20 heavy (non-hydrogen) atoms. The van der Waals surface area contributed by atoms with E-state index in [1.54, 1.807) is 12.3 Å². The Hall–Kier alpha value is -2.30. The summed E-state index contributed by atoms with van der Waals surface area (Å²) in [4.78, 5) is 14.4. The standard InChI is InChI=1S/C15H18N4O/c20-15(13-8-9-16-18-13)17-12-6-2-3-7-14(12)19-10-4-1-5-11-19/h2-3,6-9H,1,4-5,10-11H2,(H,16,18)(H,17,20). The van der Waals surface area contributed by atoms with Crippen molar-refractivity contribution in [2.24, 2.45) is 0 Å². The molecule has 1 amide bonds. The molecule has 3 rings (SSSR count). The third kappa shape index (κ3) is 2.66. The van der Waals surface area contributed by atoms with Gasteiger partial charge in [0, 0.05) is 19.3 Å². The van der Waals surface area contributed by atoms with Crippen LogP contribution in [0.15, 0.2) is 36.5 Å². The van der Waals surface area contributed by atoms with Crippen LogP contribution in [-0.4, -0.2) is 29.2 Å². The molecule has 1 aromatic carbocycles. The zero-order valence-corrected chi connectivity index (χ0v) is 11.3. The first-order valence-electron chi connectivity index (χ1n) is 6.99. The van der Waals surface area contributed by atoms with Gasteiger partial charge in [-0.1, -0.05) is 12.1 Å². The summed E-state index contributed by atoms with van der Waals surface area (Å²) < 4.78 is 0. The fraction of sp³-hybridized carbons (Fsp3) is 0.333. The number of hydrogen-bond acceptors (Lipinski definition) is 3. The van der Waals surface area contributed by atoms with Gasteiger partial charge in [-0.2, -0.15) is 5.10 Å². The van der Waals surface area contributed by atoms with E-state index in [9.17, 15) is 4.79 Å². The molecule has 5 heteroatoms. The number of rotatable bonds is 3. The van der Waals surface area contributed by atoms with Gasteiger partial charge in [-0.25, -0.2) is 0 Å². The largest absolute Gasteiger partial charge is 0.370 e. The Morgan fingerprint density at radius 1 is 1.15 bits per heavy atom. The van der Waals surface area contributed by atoms with Crippen LogP contribution in [-0.2, 0) is 0 Å². The van der Waals surface area contributed by atoms with Crippen molar-refractivity contribution in [3.8, 4) is 0 Å². The fourth-order valence-electron chi connectivity index (χ4n) is 2.56. The number of carbonyl (C=O) groups is 1. The topological polar surface area (TPSA) is 61.0 Å². The summed E-state index contributed by atoms with van der Waals surface area (Å²) in [5.41, 5.74) is 2.42. The molecule has 1 aromatic heterocycles. The minimum absolute atomic E-state index is 0.160. The molecular weight excluding hydrogens is 252 g/mol. The molecule has 0 atom stereocenters. The Morgan fingerprint density at radius 3 is 2.70 bits per heavy atom. The number of amides is 1. The first-order valence-corrected chi connectivity index (χ1v) is 6.99. The predicted molar refractivity (Wildman–Crippen MR) is 79.0 cm³/mol. The third-order valence-corrected chi connectivity index (χ3v) is 3.59. The fourth-order valence-corrected chi connectivity index (χ4v) is 2.56. The van der Waals surface area contributed by atoms with E-state index in [0.29, 0.717) is 5.69 Å². The lowest BCUT2D eigenvalue weighted by molar-refractivity contribution is 0.102. The second-order valence-electron chi connectivity index (χ2n) is 4.99. The number of nitrogens with one attached hydrogen (secondary N) is 2. The SMILES string of the molecule is O=C(Nc1ccccc1N1CCCCC1)c1ccn[nH]1. The molecule has 0 aliphatic carbocycles. The maximum Gasteiger partial charge on any atom is 0.273 e. The van der Waals surface area contributed by atoms with Crippen LogP contribution in [0.5, 0.6) is 0 Å². The van der Waals surface area contributed by atoms with Crippen LogP contribution in [0.2, 0.25) is 0 Å². The van der Waals surface area contributed by atoms with Crippen molar-refractivity contribution in [3.05, 3.63) is 42.2 Å². The number of carbonyl (C=O) groups excluding carboxylic acids is 1. The van der Waals surface area contributed by atoms with Crippen molar-refractivity contribution < 1.29 is 4.79 Å². The van der Waals surface area contributed by atoms with Crippen LogP contribution >= 0.6 is 0 Å². The Kier molecular flexibility index (Phi) is 3.67. The van der Waals surface area contributed by atoms with Gasteiger partial charge in [-0.05, 0) is 37.5 Å². The van der Waals surface area contributed by atoms with E-state index in [1.807, 2.05) is 18.2 Å². The molecule has 104 valence electrons. The van der Waals surface area contributed by atoms with E-state index in [4.69, 9.17) is 0 Å². The Morgan fingerprint density at radius 2 is 1.95 bits per heavy atom. The Balaban J connectivity index is 1.80. The number of aromatic nitrogens is 2. The summed E-state index contributed by atoms with van der Waals surface area (Å²) >= 11 is 0. The number of H-pyrrole nitrogens is 1. The highest BCUT2D eigenvalue weighted by Gasteiger charge is 2.16. The highest BCUT2D eigenvalue weighted by Crippen LogP contribution is 2.28.